The van der Waals surface area contributed by atoms with Crippen LogP contribution in [0.15, 0.2) is 24.0 Å². The summed E-state index contributed by atoms with van der Waals surface area (Å²) in [4.78, 5) is 10.0. The molecular weight excluding hydrogens is 236 g/mol. The molecule has 2 heterocycles. The number of hydrogen-bond acceptors (Lipinski definition) is 3. The van der Waals surface area contributed by atoms with Crippen LogP contribution < -0.4 is 5.32 Å². The topological polar surface area (TPSA) is 44.0 Å². The van der Waals surface area contributed by atoms with Gasteiger partial charge in [0.05, 0.1) is 6.04 Å². The lowest BCUT2D eigenvalue weighted by Gasteiger charge is -2.33. The van der Waals surface area contributed by atoms with Crippen LogP contribution in [0.5, 0.6) is 0 Å². The lowest BCUT2D eigenvalue weighted by atomic mass is 10.0. The molecule has 19 heavy (non-hydrogen) atoms. The number of piperidine rings is 1. The second-order valence-electron chi connectivity index (χ2n) is 5.72. The maximum Gasteiger partial charge on any atom is 0.122 e. The number of nitrogens with zero attached hydrogens (tertiary/aromatic N) is 2. The lowest BCUT2D eigenvalue weighted by Crippen LogP contribution is -2.43. The molecule has 1 aliphatic heterocycles. The molecule has 1 aromatic heterocycles. The van der Waals surface area contributed by atoms with Gasteiger partial charge in [0, 0.05) is 25.0 Å². The molecule has 4 nitrogen and oxygen atoms in total. The summed E-state index contributed by atoms with van der Waals surface area (Å²) in [6, 6.07) is 0.924. The molecule has 0 bridgehead atoms. The SMILES string of the molecule is CC(C)=CCN1CCC(NC(C)c2ncc[nH]2)CC1. The van der Waals surface area contributed by atoms with E-state index in [2.05, 4.69) is 47.0 Å². The summed E-state index contributed by atoms with van der Waals surface area (Å²) in [5.74, 6) is 1.03. The minimum absolute atomic E-state index is 0.310. The number of imidazole rings is 1. The van der Waals surface area contributed by atoms with Crippen LogP contribution >= 0.6 is 0 Å². The van der Waals surface area contributed by atoms with E-state index in [0.717, 1.165) is 12.4 Å². The van der Waals surface area contributed by atoms with Gasteiger partial charge in [-0.1, -0.05) is 11.6 Å². The van der Waals surface area contributed by atoms with E-state index in [4.69, 9.17) is 0 Å². The monoisotopic (exact) mass is 262 g/mol. The Morgan fingerprint density at radius 2 is 2.26 bits per heavy atom. The highest BCUT2D eigenvalue weighted by Gasteiger charge is 2.20. The first-order valence-corrected chi connectivity index (χ1v) is 7.26. The Bertz CT molecular complexity index is 384. The van der Waals surface area contributed by atoms with Gasteiger partial charge >= 0.3 is 0 Å². The first kappa shape index (κ1) is 14.3. The molecule has 0 aliphatic carbocycles. The molecule has 0 spiro atoms. The van der Waals surface area contributed by atoms with Crippen molar-refractivity contribution in [2.75, 3.05) is 19.6 Å². The fourth-order valence-electron chi connectivity index (χ4n) is 2.54. The minimum atomic E-state index is 0.310. The van der Waals surface area contributed by atoms with Crippen molar-refractivity contribution in [2.45, 2.75) is 45.7 Å². The standard InChI is InChI=1S/C15H26N4/c1-12(2)4-9-19-10-5-14(6-11-19)18-13(3)15-16-7-8-17-15/h4,7-8,13-14,18H,5-6,9-11H2,1-3H3,(H,16,17). The van der Waals surface area contributed by atoms with Crippen molar-refractivity contribution in [3.63, 3.8) is 0 Å². The molecule has 1 fully saturated rings. The zero-order valence-electron chi connectivity index (χ0n) is 12.3. The summed E-state index contributed by atoms with van der Waals surface area (Å²) >= 11 is 0. The van der Waals surface area contributed by atoms with Crippen LogP contribution in [0.1, 0.15) is 45.5 Å². The Hall–Kier alpha value is -1.13. The molecule has 1 unspecified atom stereocenters. The molecule has 1 aliphatic rings. The fourth-order valence-corrected chi connectivity index (χ4v) is 2.54. The van der Waals surface area contributed by atoms with Crippen LogP contribution in [0.3, 0.4) is 0 Å². The highest BCUT2D eigenvalue weighted by Crippen LogP contribution is 2.15. The van der Waals surface area contributed by atoms with Crippen LogP contribution in [-0.2, 0) is 0 Å². The molecule has 0 aromatic carbocycles. The number of H-pyrrole nitrogens is 1. The van der Waals surface area contributed by atoms with E-state index in [-0.39, 0.29) is 0 Å². The van der Waals surface area contributed by atoms with Gasteiger partial charge in [0.1, 0.15) is 5.82 Å². The van der Waals surface area contributed by atoms with E-state index < -0.39 is 0 Å². The maximum atomic E-state index is 4.31. The molecule has 0 saturated carbocycles. The third kappa shape index (κ3) is 4.48. The maximum absolute atomic E-state index is 4.31. The zero-order valence-corrected chi connectivity index (χ0v) is 12.3. The summed E-state index contributed by atoms with van der Waals surface area (Å²) in [6.45, 7) is 9.98. The van der Waals surface area contributed by atoms with Crippen molar-refractivity contribution in [1.29, 1.82) is 0 Å². The highest BCUT2D eigenvalue weighted by atomic mass is 15.1. The molecular formula is C15H26N4. The zero-order chi connectivity index (χ0) is 13.7. The van der Waals surface area contributed by atoms with E-state index in [1.165, 1.54) is 31.5 Å². The molecule has 2 rings (SSSR count). The Morgan fingerprint density at radius 3 is 2.84 bits per heavy atom. The summed E-state index contributed by atoms with van der Waals surface area (Å²) in [7, 11) is 0. The average molecular weight is 262 g/mol. The van der Waals surface area contributed by atoms with Crippen molar-refractivity contribution in [1.82, 2.24) is 20.2 Å². The first-order chi connectivity index (χ1) is 9.15. The summed E-state index contributed by atoms with van der Waals surface area (Å²) < 4.78 is 0. The third-order valence-corrected chi connectivity index (χ3v) is 3.76. The van der Waals surface area contributed by atoms with Gasteiger partial charge in [-0.25, -0.2) is 4.98 Å². The van der Waals surface area contributed by atoms with Crippen molar-refractivity contribution in [3.05, 3.63) is 29.9 Å². The summed E-state index contributed by atoms with van der Waals surface area (Å²) in [5, 5.41) is 3.67. The van der Waals surface area contributed by atoms with Gasteiger partial charge in [-0.3, -0.25) is 4.90 Å². The summed E-state index contributed by atoms with van der Waals surface area (Å²) in [5.41, 5.74) is 1.41. The van der Waals surface area contributed by atoms with Gasteiger partial charge in [-0.05, 0) is 46.7 Å². The third-order valence-electron chi connectivity index (χ3n) is 3.76. The molecule has 4 heteroatoms. The highest BCUT2D eigenvalue weighted by molar-refractivity contribution is 4.97. The molecule has 0 amide bonds. The Morgan fingerprint density at radius 1 is 1.53 bits per heavy atom. The van der Waals surface area contributed by atoms with Crippen LogP contribution in [0.4, 0.5) is 0 Å². The largest absolute Gasteiger partial charge is 0.347 e. The number of nitrogens with one attached hydrogen (secondary N) is 2. The van der Waals surface area contributed by atoms with Crippen molar-refractivity contribution in [3.8, 4) is 0 Å². The molecule has 0 radical (unpaired) electrons. The predicted octanol–water partition coefficient (Wildman–Crippen LogP) is 2.49. The van der Waals surface area contributed by atoms with E-state index in [0.29, 0.717) is 12.1 Å². The number of likely N-dealkylation sites (tertiary alicyclic amines) is 1. The van der Waals surface area contributed by atoms with Crippen molar-refractivity contribution >= 4 is 0 Å². The fraction of sp³-hybridized carbons (Fsp3) is 0.667. The molecule has 2 N–H and O–H groups in total. The van der Waals surface area contributed by atoms with Crippen LogP contribution in [0.25, 0.3) is 0 Å². The van der Waals surface area contributed by atoms with E-state index >= 15 is 0 Å². The Kier molecular flexibility index (Phi) is 5.16. The van der Waals surface area contributed by atoms with Gasteiger partial charge < -0.3 is 10.3 Å². The number of rotatable bonds is 5. The first-order valence-electron chi connectivity index (χ1n) is 7.26. The average Bonchev–Trinajstić information content (AvgIpc) is 2.92. The summed E-state index contributed by atoms with van der Waals surface area (Å²) in [6.07, 6.45) is 8.47. The van der Waals surface area contributed by atoms with Gasteiger partial charge in [-0.2, -0.15) is 0 Å². The number of hydrogen-bond donors (Lipinski definition) is 2. The van der Waals surface area contributed by atoms with Crippen molar-refractivity contribution < 1.29 is 0 Å². The lowest BCUT2D eigenvalue weighted by molar-refractivity contribution is 0.207. The second kappa shape index (κ2) is 6.87. The van der Waals surface area contributed by atoms with Crippen LogP contribution in [0.2, 0.25) is 0 Å². The molecule has 1 aromatic rings. The van der Waals surface area contributed by atoms with Gasteiger partial charge in [-0.15, -0.1) is 0 Å². The minimum Gasteiger partial charge on any atom is -0.347 e. The molecule has 106 valence electrons. The predicted molar refractivity (Wildman–Crippen MR) is 79.0 cm³/mol. The van der Waals surface area contributed by atoms with Crippen LogP contribution in [-0.4, -0.2) is 40.5 Å². The number of allylic oxidation sites excluding steroid dienone is 1. The van der Waals surface area contributed by atoms with E-state index in [9.17, 15) is 0 Å². The normalized spacial score (nSPS) is 19.3. The molecule has 1 saturated heterocycles. The number of aromatic amines is 1. The van der Waals surface area contributed by atoms with Gasteiger partial charge in [0.2, 0.25) is 0 Å². The smallest absolute Gasteiger partial charge is 0.122 e. The molecule has 1 atom stereocenters. The quantitative estimate of drug-likeness (QED) is 0.801. The Labute approximate surface area is 116 Å². The van der Waals surface area contributed by atoms with E-state index in [1.54, 1.807) is 0 Å². The van der Waals surface area contributed by atoms with Crippen molar-refractivity contribution in [2.24, 2.45) is 0 Å². The second-order valence-corrected chi connectivity index (χ2v) is 5.72. The van der Waals surface area contributed by atoms with E-state index in [1.807, 2.05) is 12.4 Å². The van der Waals surface area contributed by atoms with Gasteiger partial charge in [0.15, 0.2) is 0 Å². The van der Waals surface area contributed by atoms with Gasteiger partial charge in [0.25, 0.3) is 0 Å². The number of aromatic nitrogens is 2. The van der Waals surface area contributed by atoms with Crippen LogP contribution in [0, 0.1) is 0 Å². The Balaban J connectivity index is 1.73.